The van der Waals surface area contributed by atoms with Crippen molar-refractivity contribution in [1.29, 1.82) is 0 Å². The minimum Gasteiger partial charge on any atom is -0.162 e. The van der Waals surface area contributed by atoms with Gasteiger partial charge < -0.3 is 0 Å². The van der Waals surface area contributed by atoms with Gasteiger partial charge in [0.05, 0.1) is 0 Å². The lowest BCUT2D eigenvalue weighted by Crippen LogP contribution is -2.20. The van der Waals surface area contributed by atoms with Gasteiger partial charge in [0.1, 0.15) is 0 Å². The van der Waals surface area contributed by atoms with E-state index in [-0.39, 0.29) is 0 Å². The van der Waals surface area contributed by atoms with Crippen LogP contribution in [0.4, 0.5) is 0 Å². The van der Waals surface area contributed by atoms with Crippen molar-refractivity contribution in [2.45, 2.75) is 30.4 Å². The molecule has 0 aromatic heterocycles. The van der Waals surface area contributed by atoms with Gasteiger partial charge in [0.25, 0.3) is 0 Å². The van der Waals surface area contributed by atoms with E-state index in [9.17, 15) is 0 Å². The maximum Gasteiger partial charge on any atom is 0.00811 e. The normalized spacial score (nSPS) is 33.1. The molecule has 0 spiro atoms. The van der Waals surface area contributed by atoms with Crippen LogP contribution in [-0.4, -0.2) is 11.5 Å². The zero-order valence-corrected chi connectivity index (χ0v) is 12.2. The molecular formula is C18H20S. The zero-order chi connectivity index (χ0) is 12.8. The number of benzene rings is 2. The third kappa shape index (κ3) is 1.90. The average molecular weight is 268 g/mol. The molecule has 0 N–H and O–H groups in total. The molecule has 0 unspecified atom stereocenters. The topological polar surface area (TPSA) is 0 Å². The zero-order valence-electron chi connectivity index (χ0n) is 11.4. The highest BCUT2D eigenvalue weighted by molar-refractivity contribution is 7.99. The SMILES string of the molecule is CS[C@@H]1C[C@H]2C[C@@H]1[C@@H](c1ccc3ccccc3c1)C2. The standard InChI is InChI=1S/C18H20S/c1-19-18-10-12-8-16(17(18)9-12)15-7-6-13-4-2-3-5-14(13)11-15/h2-7,11-12,16-18H,8-10H2,1H3/t12-,16-,17-,18-/m1/s1. The van der Waals surface area contributed by atoms with E-state index in [1.165, 1.54) is 30.0 Å². The molecule has 0 amide bonds. The van der Waals surface area contributed by atoms with Crippen molar-refractivity contribution < 1.29 is 0 Å². The number of thioether (sulfide) groups is 1. The quantitative estimate of drug-likeness (QED) is 0.731. The van der Waals surface area contributed by atoms with Crippen LogP contribution >= 0.6 is 11.8 Å². The first-order valence-electron chi connectivity index (χ1n) is 7.36. The van der Waals surface area contributed by atoms with Crippen LogP contribution in [0.5, 0.6) is 0 Å². The Morgan fingerprint density at radius 1 is 0.947 bits per heavy atom. The van der Waals surface area contributed by atoms with Gasteiger partial charge in [0.2, 0.25) is 0 Å². The van der Waals surface area contributed by atoms with Gasteiger partial charge in [0, 0.05) is 5.25 Å². The van der Waals surface area contributed by atoms with E-state index in [1.54, 1.807) is 5.56 Å². The summed E-state index contributed by atoms with van der Waals surface area (Å²) in [7, 11) is 0. The Morgan fingerprint density at radius 3 is 2.58 bits per heavy atom. The van der Waals surface area contributed by atoms with E-state index < -0.39 is 0 Å². The van der Waals surface area contributed by atoms with Crippen LogP contribution in [0.3, 0.4) is 0 Å². The fraction of sp³-hybridized carbons (Fsp3) is 0.444. The minimum atomic E-state index is 0.820. The van der Waals surface area contributed by atoms with Gasteiger partial charge >= 0.3 is 0 Å². The molecule has 2 bridgehead atoms. The molecule has 2 aliphatic rings. The average Bonchev–Trinajstić information content (AvgIpc) is 3.06. The highest BCUT2D eigenvalue weighted by atomic mass is 32.2. The first-order valence-corrected chi connectivity index (χ1v) is 8.65. The predicted molar refractivity (Wildman–Crippen MR) is 84.8 cm³/mol. The second-order valence-corrected chi connectivity index (χ2v) is 7.30. The lowest BCUT2D eigenvalue weighted by atomic mass is 9.82. The van der Waals surface area contributed by atoms with Gasteiger partial charge in [-0.15, -0.1) is 0 Å². The Bertz CT molecular complexity index is 603. The van der Waals surface area contributed by atoms with Crippen molar-refractivity contribution in [3.63, 3.8) is 0 Å². The van der Waals surface area contributed by atoms with Crippen molar-refractivity contribution >= 4 is 22.5 Å². The fourth-order valence-electron chi connectivity index (χ4n) is 4.38. The van der Waals surface area contributed by atoms with Gasteiger partial charge in [0.15, 0.2) is 0 Å². The molecule has 0 aliphatic heterocycles. The van der Waals surface area contributed by atoms with Crippen LogP contribution in [0.15, 0.2) is 42.5 Å². The monoisotopic (exact) mass is 268 g/mol. The lowest BCUT2D eigenvalue weighted by Gasteiger charge is -2.28. The van der Waals surface area contributed by atoms with Crippen LogP contribution in [0.25, 0.3) is 10.8 Å². The fourth-order valence-corrected chi connectivity index (χ4v) is 5.49. The molecule has 0 saturated heterocycles. The molecule has 2 aliphatic carbocycles. The maximum absolute atomic E-state index is 2.44. The molecule has 2 aromatic rings. The Hall–Kier alpha value is -0.950. The predicted octanol–water partition coefficient (Wildman–Crippen LogP) is 5.08. The summed E-state index contributed by atoms with van der Waals surface area (Å²) >= 11 is 2.10. The van der Waals surface area contributed by atoms with E-state index >= 15 is 0 Å². The van der Waals surface area contributed by atoms with Gasteiger partial charge in [-0.3, -0.25) is 0 Å². The van der Waals surface area contributed by atoms with Crippen molar-refractivity contribution in [2.24, 2.45) is 11.8 Å². The molecule has 0 heterocycles. The highest BCUT2D eigenvalue weighted by Crippen LogP contribution is 2.56. The van der Waals surface area contributed by atoms with E-state index in [1.807, 2.05) is 0 Å². The van der Waals surface area contributed by atoms with Crippen LogP contribution in [0, 0.1) is 11.8 Å². The van der Waals surface area contributed by atoms with Crippen molar-refractivity contribution in [1.82, 2.24) is 0 Å². The Balaban J connectivity index is 1.71. The second kappa shape index (κ2) is 4.56. The summed E-state index contributed by atoms with van der Waals surface area (Å²) < 4.78 is 0. The van der Waals surface area contributed by atoms with Crippen molar-refractivity contribution in [3.8, 4) is 0 Å². The van der Waals surface area contributed by atoms with Crippen LogP contribution in [0.2, 0.25) is 0 Å². The highest BCUT2D eigenvalue weighted by Gasteiger charge is 2.46. The molecule has 2 saturated carbocycles. The Morgan fingerprint density at radius 2 is 1.79 bits per heavy atom. The van der Waals surface area contributed by atoms with Gasteiger partial charge in [-0.05, 0) is 59.6 Å². The second-order valence-electron chi connectivity index (χ2n) is 6.22. The van der Waals surface area contributed by atoms with Crippen molar-refractivity contribution in [2.75, 3.05) is 6.26 Å². The summed E-state index contributed by atoms with van der Waals surface area (Å²) in [6, 6.07) is 15.9. The molecular weight excluding hydrogens is 248 g/mol. The Labute approximate surface area is 119 Å². The van der Waals surface area contributed by atoms with Crippen LogP contribution in [0.1, 0.15) is 30.7 Å². The maximum atomic E-state index is 2.44. The van der Waals surface area contributed by atoms with Gasteiger partial charge in [-0.25, -0.2) is 0 Å². The van der Waals surface area contributed by atoms with E-state index in [2.05, 4.69) is 60.5 Å². The largest absolute Gasteiger partial charge is 0.162 e. The molecule has 2 aromatic carbocycles. The molecule has 2 fully saturated rings. The van der Waals surface area contributed by atoms with E-state index in [0.717, 1.165) is 23.0 Å². The smallest absolute Gasteiger partial charge is 0.00811 e. The van der Waals surface area contributed by atoms with Gasteiger partial charge in [-0.2, -0.15) is 11.8 Å². The summed E-state index contributed by atoms with van der Waals surface area (Å²) in [6.45, 7) is 0. The molecule has 0 nitrogen and oxygen atoms in total. The first-order chi connectivity index (χ1) is 9.35. The van der Waals surface area contributed by atoms with Crippen molar-refractivity contribution in [3.05, 3.63) is 48.0 Å². The summed E-state index contributed by atoms with van der Waals surface area (Å²) in [5.74, 6) is 2.75. The first kappa shape index (κ1) is 11.8. The van der Waals surface area contributed by atoms with Crippen LogP contribution in [-0.2, 0) is 0 Å². The summed E-state index contributed by atoms with van der Waals surface area (Å²) in [6.07, 6.45) is 6.67. The molecule has 4 rings (SSSR count). The minimum absolute atomic E-state index is 0.820. The van der Waals surface area contributed by atoms with E-state index in [4.69, 9.17) is 0 Å². The summed E-state index contributed by atoms with van der Waals surface area (Å²) in [5.41, 5.74) is 1.59. The number of hydrogen-bond donors (Lipinski definition) is 0. The molecule has 4 atom stereocenters. The molecule has 19 heavy (non-hydrogen) atoms. The number of fused-ring (bicyclic) bond motifs is 3. The molecule has 1 heteroatoms. The lowest BCUT2D eigenvalue weighted by molar-refractivity contribution is 0.431. The summed E-state index contributed by atoms with van der Waals surface area (Å²) in [4.78, 5) is 0. The molecule has 98 valence electrons. The third-order valence-corrected chi connectivity index (χ3v) is 6.40. The van der Waals surface area contributed by atoms with Crippen LogP contribution < -0.4 is 0 Å². The van der Waals surface area contributed by atoms with E-state index in [0.29, 0.717) is 0 Å². The number of rotatable bonds is 2. The third-order valence-electron chi connectivity index (χ3n) is 5.26. The summed E-state index contributed by atoms with van der Waals surface area (Å²) in [5, 5.41) is 3.69. The Kier molecular flexibility index (Phi) is 2.84. The number of hydrogen-bond acceptors (Lipinski definition) is 1. The molecule has 0 radical (unpaired) electrons. The van der Waals surface area contributed by atoms with Gasteiger partial charge in [-0.1, -0.05) is 42.5 Å².